The molecule has 1 aliphatic rings. The Hall–Kier alpha value is -0.880. The molecule has 1 atom stereocenters. The van der Waals surface area contributed by atoms with Crippen LogP contribution in [-0.4, -0.2) is 41.8 Å². The van der Waals surface area contributed by atoms with E-state index in [-0.39, 0.29) is 15.9 Å². The summed E-state index contributed by atoms with van der Waals surface area (Å²) in [6.07, 6.45) is 0. The van der Waals surface area contributed by atoms with Crippen LogP contribution in [0.1, 0.15) is 6.92 Å². The molecule has 0 bridgehead atoms. The Balaban J connectivity index is 2.26. The fourth-order valence-electron chi connectivity index (χ4n) is 1.67. The maximum atomic E-state index is 12.3. The summed E-state index contributed by atoms with van der Waals surface area (Å²) in [5.41, 5.74) is 0. The maximum absolute atomic E-state index is 12.3. The molecule has 0 radical (unpaired) electrons. The molecule has 22 heavy (non-hydrogen) atoms. The molecular weight excluding hydrogens is 400 g/mol. The smallest absolute Gasteiger partial charge is 0.241 e. The largest absolute Gasteiger partial charge is 0.486 e. The van der Waals surface area contributed by atoms with Crippen molar-refractivity contribution < 1.29 is 26.3 Å². The number of hydrogen-bond donors (Lipinski definition) is 2. The van der Waals surface area contributed by atoms with Crippen LogP contribution in [0.5, 0.6) is 11.5 Å². The second-order valence-electron chi connectivity index (χ2n) is 4.68. The third kappa shape index (κ3) is 3.90. The van der Waals surface area contributed by atoms with E-state index in [1.54, 1.807) is 0 Å². The number of halogens is 1. The molecular formula is C11H15BrN2O6S2. The van der Waals surface area contributed by atoms with E-state index in [4.69, 9.17) is 14.6 Å². The van der Waals surface area contributed by atoms with Crippen molar-refractivity contribution in [3.05, 3.63) is 16.6 Å². The van der Waals surface area contributed by atoms with Crippen molar-refractivity contribution in [1.29, 1.82) is 0 Å². The topological polar surface area (TPSA) is 125 Å². The average Bonchev–Trinajstić information content (AvgIpc) is 2.42. The highest BCUT2D eigenvalue weighted by Crippen LogP contribution is 2.37. The second-order valence-corrected chi connectivity index (χ2v) is 9.25. The first kappa shape index (κ1) is 17.5. The molecule has 0 saturated heterocycles. The number of rotatable bonds is 5. The summed E-state index contributed by atoms with van der Waals surface area (Å²) in [6, 6.07) is 2.81. The fourth-order valence-corrected chi connectivity index (χ4v) is 4.26. The molecule has 0 amide bonds. The normalized spacial score (nSPS) is 16.3. The highest BCUT2D eigenvalue weighted by atomic mass is 79.9. The minimum absolute atomic E-state index is 0.0710. The Kier molecular flexibility index (Phi) is 5.02. The number of fused-ring (bicyclic) bond motifs is 1. The van der Waals surface area contributed by atoms with Gasteiger partial charge in [-0.15, -0.1) is 0 Å². The molecule has 124 valence electrons. The number of ether oxygens (including phenoxy) is 2. The van der Waals surface area contributed by atoms with Crippen molar-refractivity contribution in [3.63, 3.8) is 0 Å². The maximum Gasteiger partial charge on any atom is 0.241 e. The molecule has 0 aliphatic carbocycles. The molecule has 1 aliphatic heterocycles. The molecule has 0 saturated carbocycles. The van der Waals surface area contributed by atoms with Crippen molar-refractivity contribution in [2.45, 2.75) is 17.1 Å². The Labute approximate surface area is 137 Å². The first-order valence-corrected chi connectivity index (χ1v) is 10.1. The quantitative estimate of drug-likeness (QED) is 0.707. The van der Waals surface area contributed by atoms with Crippen LogP contribution in [0.25, 0.3) is 0 Å². The molecule has 1 aromatic rings. The zero-order chi connectivity index (χ0) is 16.5. The lowest BCUT2D eigenvalue weighted by atomic mass is 10.3. The number of nitrogens with one attached hydrogen (secondary N) is 1. The fraction of sp³-hybridized carbons (Fsp3) is 0.455. The lowest BCUT2D eigenvalue weighted by molar-refractivity contribution is 0.171. The van der Waals surface area contributed by atoms with Crippen LogP contribution in [-0.2, 0) is 20.0 Å². The lowest BCUT2D eigenvalue weighted by Crippen LogP contribution is -2.38. The van der Waals surface area contributed by atoms with Crippen LogP contribution < -0.4 is 19.3 Å². The van der Waals surface area contributed by atoms with Gasteiger partial charge < -0.3 is 9.47 Å². The molecule has 0 fully saturated rings. The van der Waals surface area contributed by atoms with Crippen molar-refractivity contribution in [3.8, 4) is 11.5 Å². The van der Waals surface area contributed by atoms with E-state index in [1.165, 1.54) is 19.1 Å². The summed E-state index contributed by atoms with van der Waals surface area (Å²) >= 11 is 3.16. The zero-order valence-corrected chi connectivity index (χ0v) is 14.8. The van der Waals surface area contributed by atoms with E-state index in [0.29, 0.717) is 24.7 Å². The molecule has 3 N–H and O–H groups in total. The highest BCUT2D eigenvalue weighted by molar-refractivity contribution is 9.10. The highest BCUT2D eigenvalue weighted by Gasteiger charge is 2.25. The predicted octanol–water partition coefficient (Wildman–Crippen LogP) is 0.176. The van der Waals surface area contributed by atoms with Gasteiger partial charge >= 0.3 is 0 Å². The van der Waals surface area contributed by atoms with Crippen molar-refractivity contribution in [2.24, 2.45) is 5.14 Å². The molecule has 0 aromatic heterocycles. The predicted molar refractivity (Wildman–Crippen MR) is 82.9 cm³/mol. The van der Waals surface area contributed by atoms with Gasteiger partial charge in [0.2, 0.25) is 20.0 Å². The summed E-state index contributed by atoms with van der Waals surface area (Å²) in [7, 11) is -7.75. The van der Waals surface area contributed by atoms with Crippen LogP contribution >= 0.6 is 15.9 Å². The number of sulfonamides is 2. The van der Waals surface area contributed by atoms with Gasteiger partial charge in [-0.1, -0.05) is 0 Å². The van der Waals surface area contributed by atoms with Crippen molar-refractivity contribution >= 4 is 36.0 Å². The first-order chi connectivity index (χ1) is 10.1. The Bertz CT molecular complexity index is 778. The van der Waals surface area contributed by atoms with Gasteiger partial charge in [0.25, 0.3) is 0 Å². The standard InChI is InChI=1S/C11H15BrN2O6S2/c1-7(21(13,15)16)6-14-22(17,18)11-5-10-9(4-8(11)12)19-2-3-20-10/h4-5,7,14H,2-3,6H2,1H3,(H2,13,15,16)/t7-/m1/s1. The molecule has 8 nitrogen and oxygen atoms in total. The Morgan fingerprint density at radius 2 is 1.77 bits per heavy atom. The number of hydrogen-bond acceptors (Lipinski definition) is 6. The van der Waals surface area contributed by atoms with E-state index in [9.17, 15) is 16.8 Å². The van der Waals surface area contributed by atoms with Gasteiger partial charge in [0.05, 0.1) is 5.25 Å². The van der Waals surface area contributed by atoms with Gasteiger partial charge in [-0.2, -0.15) is 0 Å². The van der Waals surface area contributed by atoms with Gasteiger partial charge in [-0.05, 0) is 28.9 Å². The third-order valence-electron chi connectivity index (χ3n) is 3.01. The van der Waals surface area contributed by atoms with E-state index in [0.717, 1.165) is 0 Å². The van der Waals surface area contributed by atoms with Crippen LogP contribution in [0.2, 0.25) is 0 Å². The zero-order valence-electron chi connectivity index (χ0n) is 11.6. The number of nitrogens with two attached hydrogens (primary N) is 1. The first-order valence-electron chi connectivity index (χ1n) is 6.21. The third-order valence-corrected chi connectivity index (χ3v) is 6.68. The summed E-state index contributed by atoms with van der Waals surface area (Å²) < 4.78 is 60.1. The van der Waals surface area contributed by atoms with E-state index in [1.807, 2.05) is 0 Å². The average molecular weight is 415 g/mol. The van der Waals surface area contributed by atoms with Gasteiger partial charge in [0.1, 0.15) is 18.1 Å². The number of primary sulfonamides is 1. The van der Waals surface area contributed by atoms with Crippen molar-refractivity contribution in [1.82, 2.24) is 4.72 Å². The van der Waals surface area contributed by atoms with E-state index in [2.05, 4.69) is 20.7 Å². The van der Waals surface area contributed by atoms with Crippen LogP contribution in [0, 0.1) is 0 Å². The monoisotopic (exact) mass is 414 g/mol. The summed E-state index contributed by atoms with van der Waals surface area (Å²) in [5.74, 6) is 0.754. The Morgan fingerprint density at radius 1 is 1.23 bits per heavy atom. The summed E-state index contributed by atoms with van der Waals surface area (Å²) in [6.45, 7) is 1.69. The minimum Gasteiger partial charge on any atom is -0.486 e. The van der Waals surface area contributed by atoms with Gasteiger partial charge in [-0.3, -0.25) is 0 Å². The Morgan fingerprint density at radius 3 is 2.32 bits per heavy atom. The van der Waals surface area contributed by atoms with Crippen LogP contribution in [0.15, 0.2) is 21.5 Å². The van der Waals surface area contributed by atoms with Gasteiger partial charge in [-0.25, -0.2) is 26.7 Å². The summed E-state index contributed by atoms with van der Waals surface area (Å²) in [5, 5.41) is 3.92. The summed E-state index contributed by atoms with van der Waals surface area (Å²) in [4.78, 5) is -0.0710. The molecule has 11 heteroatoms. The number of benzene rings is 1. The van der Waals surface area contributed by atoms with E-state index >= 15 is 0 Å². The second kappa shape index (κ2) is 6.32. The molecule has 1 heterocycles. The van der Waals surface area contributed by atoms with E-state index < -0.39 is 25.3 Å². The van der Waals surface area contributed by atoms with Crippen molar-refractivity contribution in [2.75, 3.05) is 19.8 Å². The minimum atomic E-state index is -3.93. The van der Waals surface area contributed by atoms with Crippen LogP contribution in [0.4, 0.5) is 0 Å². The molecule has 2 rings (SSSR count). The lowest BCUT2D eigenvalue weighted by Gasteiger charge is -2.20. The molecule has 0 unspecified atom stereocenters. The van der Waals surface area contributed by atoms with Gasteiger partial charge in [0, 0.05) is 17.1 Å². The molecule has 1 aromatic carbocycles. The molecule has 0 spiro atoms. The van der Waals surface area contributed by atoms with Crippen LogP contribution in [0.3, 0.4) is 0 Å². The van der Waals surface area contributed by atoms with Gasteiger partial charge in [0.15, 0.2) is 11.5 Å². The SMILES string of the molecule is C[C@H](CNS(=O)(=O)c1cc2c(cc1Br)OCCO2)S(N)(=O)=O.